The van der Waals surface area contributed by atoms with Gasteiger partial charge in [0.2, 0.25) is 6.71 Å². The fourth-order valence-electron chi connectivity index (χ4n) is 10.0. The molecule has 3 aliphatic heterocycles. The summed E-state index contributed by atoms with van der Waals surface area (Å²) in [6.07, 6.45) is 0. The van der Waals surface area contributed by atoms with Gasteiger partial charge in [0.05, 0.1) is 5.69 Å². The van der Waals surface area contributed by atoms with E-state index in [0.717, 1.165) is 11.4 Å². The number of hydrogen-bond acceptors (Lipinski definition) is 3. The highest BCUT2D eigenvalue weighted by atomic mass is 15.2. The summed E-state index contributed by atoms with van der Waals surface area (Å²) in [4.78, 5) is 7.56. The largest absolute Gasteiger partial charge is 0.344 e. The first kappa shape index (κ1) is 32.2. The number of hydrogen-bond donors (Lipinski definition) is 0. The maximum absolute atomic E-state index is 2.67. The summed E-state index contributed by atoms with van der Waals surface area (Å²) in [6.45, 7) is 16.8. The third kappa shape index (κ3) is 4.30. The van der Waals surface area contributed by atoms with Gasteiger partial charge in [-0.25, -0.2) is 0 Å². The lowest BCUT2D eigenvalue weighted by Crippen LogP contribution is -2.57. The molecule has 3 heterocycles. The molecule has 4 heteroatoms. The average molecular weight is 688 g/mol. The number of allylic oxidation sites excluding steroid dienone is 1. The molecule has 3 nitrogen and oxygen atoms in total. The van der Waals surface area contributed by atoms with Gasteiger partial charge in [-0.15, -0.1) is 0 Å². The molecule has 0 N–H and O–H groups in total. The highest BCUT2D eigenvalue weighted by molar-refractivity contribution is 6.96. The van der Waals surface area contributed by atoms with Gasteiger partial charge in [0.1, 0.15) is 0 Å². The maximum atomic E-state index is 2.67. The Kier molecular flexibility index (Phi) is 6.56. The molecule has 260 valence electrons. The summed E-state index contributed by atoms with van der Waals surface area (Å²) in [5, 5.41) is 0. The van der Waals surface area contributed by atoms with Crippen molar-refractivity contribution in [1.29, 1.82) is 0 Å². The van der Waals surface area contributed by atoms with Crippen LogP contribution in [-0.4, -0.2) is 13.8 Å². The third-order valence-corrected chi connectivity index (χ3v) is 12.8. The van der Waals surface area contributed by atoms with Crippen LogP contribution in [0.5, 0.6) is 0 Å². The van der Waals surface area contributed by atoms with Crippen LogP contribution >= 0.6 is 0 Å². The maximum Gasteiger partial charge on any atom is 0.248 e. The molecular formula is C49H46BN3. The molecule has 6 aromatic carbocycles. The van der Waals surface area contributed by atoms with E-state index in [1.54, 1.807) is 0 Å². The van der Waals surface area contributed by atoms with E-state index < -0.39 is 0 Å². The lowest BCUT2D eigenvalue weighted by atomic mass is 9.30. The summed E-state index contributed by atoms with van der Waals surface area (Å²) >= 11 is 0. The van der Waals surface area contributed by atoms with Gasteiger partial charge in [-0.2, -0.15) is 0 Å². The second-order valence-electron chi connectivity index (χ2n) is 17.5. The van der Waals surface area contributed by atoms with Gasteiger partial charge in [0, 0.05) is 63.3 Å². The zero-order chi connectivity index (χ0) is 36.6. The molecule has 1 aliphatic carbocycles. The minimum absolute atomic E-state index is 0.0691. The van der Waals surface area contributed by atoms with Crippen molar-refractivity contribution in [3.05, 3.63) is 167 Å². The van der Waals surface area contributed by atoms with E-state index >= 15 is 0 Å². The van der Waals surface area contributed by atoms with Crippen molar-refractivity contribution in [2.75, 3.05) is 21.7 Å². The molecule has 0 aromatic heterocycles. The Balaban J connectivity index is 1.35. The SMILES string of the molecule is CN(c1ccccc1)c1cc2c3c(c1)N(c1ccc(C(C)(C)C)cc1)c1ccccc1B3C1=C3c4c(cccc4C(C)(C)c4ccccc4N32)C1(C)C. The van der Waals surface area contributed by atoms with E-state index in [0.29, 0.717) is 0 Å². The van der Waals surface area contributed by atoms with Gasteiger partial charge < -0.3 is 14.7 Å². The van der Waals surface area contributed by atoms with Crippen LogP contribution in [0.4, 0.5) is 39.8 Å². The van der Waals surface area contributed by atoms with Gasteiger partial charge in [0.15, 0.2) is 0 Å². The van der Waals surface area contributed by atoms with E-state index in [2.05, 4.69) is 204 Å². The number of anilines is 7. The van der Waals surface area contributed by atoms with Crippen LogP contribution in [0.2, 0.25) is 0 Å². The fraction of sp³-hybridized carbons (Fsp3) is 0.224. The molecule has 0 bridgehead atoms. The summed E-state index contributed by atoms with van der Waals surface area (Å²) in [7, 11) is 2.21. The molecule has 0 atom stereocenters. The van der Waals surface area contributed by atoms with Gasteiger partial charge >= 0.3 is 0 Å². The molecule has 0 fully saturated rings. The van der Waals surface area contributed by atoms with Crippen molar-refractivity contribution in [3.63, 3.8) is 0 Å². The summed E-state index contributed by atoms with van der Waals surface area (Å²) in [5.74, 6) is 0. The van der Waals surface area contributed by atoms with E-state index in [1.165, 1.54) is 78.3 Å². The molecule has 10 rings (SSSR count). The van der Waals surface area contributed by atoms with Crippen LogP contribution in [0.3, 0.4) is 0 Å². The monoisotopic (exact) mass is 687 g/mol. The Morgan fingerprint density at radius 1 is 0.547 bits per heavy atom. The second-order valence-corrected chi connectivity index (χ2v) is 17.5. The third-order valence-electron chi connectivity index (χ3n) is 12.8. The average Bonchev–Trinajstić information content (AvgIpc) is 3.35. The normalized spacial score (nSPS) is 16.8. The summed E-state index contributed by atoms with van der Waals surface area (Å²) in [6, 6.07) is 50.5. The first-order valence-corrected chi connectivity index (χ1v) is 19.1. The Morgan fingerprint density at radius 2 is 1.13 bits per heavy atom. The van der Waals surface area contributed by atoms with Crippen molar-refractivity contribution < 1.29 is 0 Å². The first-order chi connectivity index (χ1) is 25.4. The van der Waals surface area contributed by atoms with E-state index in [1.807, 2.05) is 0 Å². The first-order valence-electron chi connectivity index (χ1n) is 19.1. The minimum atomic E-state index is -0.201. The van der Waals surface area contributed by atoms with Crippen LogP contribution in [0, 0.1) is 0 Å². The van der Waals surface area contributed by atoms with Crippen LogP contribution in [0.25, 0.3) is 5.70 Å². The molecule has 6 aromatic rings. The molecule has 0 spiro atoms. The van der Waals surface area contributed by atoms with E-state index in [-0.39, 0.29) is 23.0 Å². The second kappa shape index (κ2) is 10.8. The fourth-order valence-corrected chi connectivity index (χ4v) is 10.0. The lowest BCUT2D eigenvalue weighted by Gasteiger charge is -2.46. The summed E-state index contributed by atoms with van der Waals surface area (Å²) < 4.78 is 0. The van der Waals surface area contributed by atoms with Crippen molar-refractivity contribution in [2.24, 2.45) is 0 Å². The Hall–Kier alpha value is -5.48. The van der Waals surface area contributed by atoms with Crippen molar-refractivity contribution in [1.82, 2.24) is 0 Å². The quantitative estimate of drug-likeness (QED) is 0.172. The smallest absolute Gasteiger partial charge is 0.248 e. The van der Waals surface area contributed by atoms with Crippen LogP contribution in [0.15, 0.2) is 139 Å². The molecule has 0 saturated heterocycles. The zero-order valence-corrected chi connectivity index (χ0v) is 32.1. The predicted octanol–water partition coefficient (Wildman–Crippen LogP) is 11.2. The van der Waals surface area contributed by atoms with Gasteiger partial charge in [-0.3, -0.25) is 0 Å². The topological polar surface area (TPSA) is 9.72 Å². The van der Waals surface area contributed by atoms with Gasteiger partial charge in [-0.05, 0) is 87.1 Å². The predicted molar refractivity (Wildman–Crippen MR) is 226 cm³/mol. The number of benzene rings is 6. The zero-order valence-electron chi connectivity index (χ0n) is 32.1. The lowest BCUT2D eigenvalue weighted by molar-refractivity contribution is 0.590. The molecule has 0 saturated carbocycles. The number of para-hydroxylation sites is 3. The van der Waals surface area contributed by atoms with Crippen molar-refractivity contribution in [3.8, 4) is 0 Å². The van der Waals surface area contributed by atoms with Crippen LogP contribution < -0.4 is 25.6 Å². The van der Waals surface area contributed by atoms with Crippen LogP contribution in [0.1, 0.15) is 76.3 Å². The number of nitrogens with zero attached hydrogens (tertiary/aromatic N) is 3. The molecule has 0 radical (unpaired) electrons. The number of fused-ring (bicyclic) bond motifs is 6. The number of rotatable bonds is 3. The highest BCUT2D eigenvalue weighted by Gasteiger charge is 2.55. The molecule has 0 unspecified atom stereocenters. The Bertz CT molecular complexity index is 2520. The van der Waals surface area contributed by atoms with E-state index in [9.17, 15) is 0 Å². The van der Waals surface area contributed by atoms with Crippen molar-refractivity contribution >= 4 is 63.1 Å². The Morgan fingerprint density at radius 3 is 1.83 bits per heavy atom. The highest BCUT2D eigenvalue weighted by Crippen LogP contribution is 2.61. The Labute approximate surface area is 315 Å². The van der Waals surface area contributed by atoms with Gasteiger partial charge in [0.25, 0.3) is 0 Å². The standard InChI is InChI=1S/C49H46BN3/c1-47(2,3)31-25-27-33(28-26-31)52-40-24-15-13-22-38(40)50-44-41(52)29-34(51(8)32-17-10-9-11-18-32)30-42(44)53-39-23-14-12-19-35(39)48(4,5)36-20-16-21-37-43(36)45(53)46(50)49(37,6)7/h9-30H,1-8H3. The minimum Gasteiger partial charge on any atom is -0.344 e. The molecular weight excluding hydrogens is 641 g/mol. The molecule has 53 heavy (non-hydrogen) atoms. The summed E-state index contributed by atoms with van der Waals surface area (Å²) in [5.41, 5.74) is 20.8. The molecule has 4 aliphatic rings. The van der Waals surface area contributed by atoms with E-state index in [4.69, 9.17) is 0 Å². The van der Waals surface area contributed by atoms with Crippen molar-refractivity contribution in [2.45, 2.75) is 64.7 Å². The van der Waals surface area contributed by atoms with Crippen LogP contribution in [-0.2, 0) is 16.2 Å². The molecule has 0 amide bonds. The van der Waals surface area contributed by atoms with Gasteiger partial charge in [-0.1, -0.05) is 139 Å².